The first-order valence-corrected chi connectivity index (χ1v) is 5.41. The first-order valence-electron chi connectivity index (χ1n) is 4.88. The molecular weight excluding hydrogens is 210 g/mol. The third kappa shape index (κ3) is 1.88. The molecule has 2 aromatic heterocycles. The van der Waals surface area contributed by atoms with Gasteiger partial charge in [-0.15, -0.1) is 11.6 Å². The second-order valence-electron chi connectivity index (χ2n) is 3.21. The number of imidazole rings is 1. The molecular formula is C11H12ClN3. The van der Waals surface area contributed by atoms with Crippen molar-refractivity contribution in [3.63, 3.8) is 0 Å². The Hall–Kier alpha value is -1.35. The van der Waals surface area contributed by atoms with Gasteiger partial charge >= 0.3 is 0 Å². The Kier molecular flexibility index (Phi) is 3.02. The molecule has 0 N–H and O–H groups in total. The van der Waals surface area contributed by atoms with E-state index in [-0.39, 0.29) is 0 Å². The van der Waals surface area contributed by atoms with E-state index in [0.717, 1.165) is 23.5 Å². The average Bonchev–Trinajstić information content (AvgIpc) is 2.76. The highest BCUT2D eigenvalue weighted by molar-refractivity contribution is 6.17. The van der Waals surface area contributed by atoms with Crippen molar-refractivity contribution >= 4 is 11.6 Å². The summed E-state index contributed by atoms with van der Waals surface area (Å²) in [5.74, 6) is 1.50. The van der Waals surface area contributed by atoms with Crippen LogP contribution in [0.3, 0.4) is 0 Å². The van der Waals surface area contributed by atoms with Crippen LogP contribution in [0.1, 0.15) is 18.3 Å². The molecule has 0 aromatic carbocycles. The van der Waals surface area contributed by atoms with Crippen LogP contribution in [0.5, 0.6) is 0 Å². The summed E-state index contributed by atoms with van der Waals surface area (Å²) >= 11 is 5.87. The number of hydrogen-bond donors (Lipinski definition) is 0. The first kappa shape index (κ1) is 10.2. The fourth-order valence-electron chi connectivity index (χ4n) is 1.57. The highest BCUT2D eigenvalue weighted by atomic mass is 35.5. The number of aromatic nitrogens is 3. The van der Waals surface area contributed by atoms with Crippen molar-refractivity contribution in [3.8, 4) is 5.69 Å². The Morgan fingerprint density at radius 1 is 1.40 bits per heavy atom. The Morgan fingerprint density at radius 3 is 3.00 bits per heavy atom. The highest BCUT2D eigenvalue weighted by Gasteiger charge is 2.06. The maximum atomic E-state index is 5.87. The van der Waals surface area contributed by atoms with Crippen LogP contribution in [-0.2, 0) is 12.3 Å². The van der Waals surface area contributed by atoms with E-state index in [4.69, 9.17) is 11.6 Å². The van der Waals surface area contributed by atoms with Crippen molar-refractivity contribution in [2.75, 3.05) is 0 Å². The molecule has 0 saturated carbocycles. The van der Waals surface area contributed by atoms with Gasteiger partial charge in [0, 0.05) is 36.8 Å². The molecule has 0 bridgehead atoms. The minimum Gasteiger partial charge on any atom is -0.303 e. The molecule has 0 saturated heterocycles. The molecule has 0 fully saturated rings. The van der Waals surface area contributed by atoms with Crippen LogP contribution >= 0.6 is 11.6 Å². The van der Waals surface area contributed by atoms with E-state index >= 15 is 0 Å². The smallest absolute Gasteiger partial charge is 0.112 e. The average molecular weight is 222 g/mol. The lowest BCUT2D eigenvalue weighted by Gasteiger charge is -2.09. The molecule has 15 heavy (non-hydrogen) atoms. The third-order valence-corrected chi connectivity index (χ3v) is 2.60. The Bertz CT molecular complexity index is 451. The summed E-state index contributed by atoms with van der Waals surface area (Å²) in [7, 11) is 0. The van der Waals surface area contributed by atoms with Gasteiger partial charge in [-0.25, -0.2) is 4.98 Å². The second-order valence-corrected chi connectivity index (χ2v) is 3.47. The van der Waals surface area contributed by atoms with Gasteiger partial charge in [-0.1, -0.05) is 6.92 Å². The number of rotatable bonds is 3. The third-order valence-electron chi connectivity index (χ3n) is 2.31. The Labute approximate surface area is 93.7 Å². The maximum Gasteiger partial charge on any atom is 0.112 e. The molecule has 2 rings (SSSR count). The van der Waals surface area contributed by atoms with Gasteiger partial charge in [0.25, 0.3) is 0 Å². The van der Waals surface area contributed by atoms with E-state index in [1.807, 2.05) is 12.3 Å². The van der Waals surface area contributed by atoms with E-state index in [1.54, 1.807) is 18.6 Å². The van der Waals surface area contributed by atoms with Gasteiger partial charge in [0.05, 0.1) is 11.6 Å². The normalized spacial score (nSPS) is 10.5. The van der Waals surface area contributed by atoms with Crippen LogP contribution in [0.25, 0.3) is 5.69 Å². The van der Waals surface area contributed by atoms with Crippen LogP contribution in [0.2, 0.25) is 0 Å². The monoisotopic (exact) mass is 221 g/mol. The van der Waals surface area contributed by atoms with Gasteiger partial charge < -0.3 is 4.57 Å². The first-order chi connectivity index (χ1) is 7.36. The summed E-state index contributed by atoms with van der Waals surface area (Å²) in [6, 6.07) is 1.96. The molecule has 0 aliphatic heterocycles. The molecule has 4 heteroatoms. The number of nitrogens with zero attached hydrogens (tertiary/aromatic N) is 3. The zero-order chi connectivity index (χ0) is 10.7. The van der Waals surface area contributed by atoms with Crippen molar-refractivity contribution in [2.24, 2.45) is 0 Å². The van der Waals surface area contributed by atoms with Gasteiger partial charge in [0.15, 0.2) is 0 Å². The molecule has 2 heterocycles. The number of pyridine rings is 1. The maximum absolute atomic E-state index is 5.87. The topological polar surface area (TPSA) is 30.7 Å². The molecule has 2 aromatic rings. The summed E-state index contributed by atoms with van der Waals surface area (Å²) in [5.41, 5.74) is 2.08. The molecule has 0 spiro atoms. The van der Waals surface area contributed by atoms with Crippen LogP contribution in [0.15, 0.2) is 30.9 Å². The second kappa shape index (κ2) is 4.45. The molecule has 0 radical (unpaired) electrons. The molecule has 0 aliphatic carbocycles. The molecule has 3 nitrogen and oxygen atoms in total. The van der Waals surface area contributed by atoms with Crippen molar-refractivity contribution in [2.45, 2.75) is 19.2 Å². The minimum absolute atomic E-state index is 0.463. The zero-order valence-corrected chi connectivity index (χ0v) is 9.28. The van der Waals surface area contributed by atoms with E-state index in [1.165, 1.54) is 0 Å². The van der Waals surface area contributed by atoms with E-state index < -0.39 is 0 Å². The lowest BCUT2D eigenvalue weighted by molar-refractivity contribution is 0.882. The lowest BCUT2D eigenvalue weighted by atomic mass is 10.2. The number of hydrogen-bond acceptors (Lipinski definition) is 2. The number of halogens is 1. The Morgan fingerprint density at radius 2 is 2.27 bits per heavy atom. The van der Waals surface area contributed by atoms with Crippen LogP contribution in [-0.4, -0.2) is 14.5 Å². The van der Waals surface area contributed by atoms with Crippen molar-refractivity contribution < 1.29 is 0 Å². The minimum atomic E-state index is 0.463. The molecule has 0 amide bonds. The largest absolute Gasteiger partial charge is 0.303 e. The van der Waals surface area contributed by atoms with Gasteiger partial charge in [0.2, 0.25) is 0 Å². The molecule has 0 unspecified atom stereocenters. The van der Waals surface area contributed by atoms with Crippen molar-refractivity contribution in [3.05, 3.63) is 42.2 Å². The summed E-state index contributed by atoms with van der Waals surface area (Å²) in [6.45, 7) is 2.08. The predicted octanol–water partition coefficient (Wildman–Crippen LogP) is 2.57. The molecule has 78 valence electrons. The summed E-state index contributed by atoms with van der Waals surface area (Å²) in [4.78, 5) is 8.35. The van der Waals surface area contributed by atoms with Crippen molar-refractivity contribution in [1.82, 2.24) is 14.5 Å². The number of alkyl halides is 1. The predicted molar refractivity (Wildman–Crippen MR) is 60.3 cm³/mol. The lowest BCUT2D eigenvalue weighted by Crippen LogP contribution is -2.02. The fraction of sp³-hybridized carbons (Fsp3) is 0.273. The summed E-state index contributed by atoms with van der Waals surface area (Å²) in [5, 5.41) is 0. The van der Waals surface area contributed by atoms with E-state index in [0.29, 0.717) is 5.88 Å². The van der Waals surface area contributed by atoms with Gasteiger partial charge in [-0.05, 0) is 6.07 Å². The van der Waals surface area contributed by atoms with Crippen LogP contribution < -0.4 is 0 Å². The van der Waals surface area contributed by atoms with Gasteiger partial charge in [-0.3, -0.25) is 4.98 Å². The molecule has 0 aliphatic rings. The molecule has 0 atom stereocenters. The number of aryl methyl sites for hydroxylation is 1. The fourth-order valence-corrected chi connectivity index (χ4v) is 1.78. The van der Waals surface area contributed by atoms with E-state index in [2.05, 4.69) is 21.5 Å². The van der Waals surface area contributed by atoms with Gasteiger partial charge in [0.1, 0.15) is 5.82 Å². The highest BCUT2D eigenvalue weighted by Crippen LogP contribution is 2.17. The van der Waals surface area contributed by atoms with Crippen LogP contribution in [0.4, 0.5) is 0 Å². The van der Waals surface area contributed by atoms with E-state index in [9.17, 15) is 0 Å². The summed E-state index contributed by atoms with van der Waals surface area (Å²) in [6.07, 6.45) is 8.21. The van der Waals surface area contributed by atoms with Crippen molar-refractivity contribution in [1.29, 1.82) is 0 Å². The summed E-state index contributed by atoms with van der Waals surface area (Å²) < 4.78 is 2.05. The van der Waals surface area contributed by atoms with Crippen LogP contribution in [0, 0.1) is 0 Å². The standard InChI is InChI=1S/C11H12ClN3/c1-2-11-14-5-6-15(11)10-3-4-13-8-9(10)7-12/h3-6,8H,2,7H2,1H3. The Balaban J connectivity index is 2.53. The zero-order valence-electron chi connectivity index (χ0n) is 8.52. The quantitative estimate of drug-likeness (QED) is 0.746. The van der Waals surface area contributed by atoms with Gasteiger partial charge in [-0.2, -0.15) is 0 Å². The SMILES string of the molecule is CCc1nccn1-c1ccncc1CCl.